The zero-order valence-corrected chi connectivity index (χ0v) is 12.7. The Morgan fingerprint density at radius 2 is 1.80 bits per heavy atom. The molecule has 0 atom stereocenters. The van der Waals surface area contributed by atoms with E-state index in [2.05, 4.69) is 10.6 Å². The summed E-state index contributed by atoms with van der Waals surface area (Å²) in [5.74, 6) is -0.188. The highest BCUT2D eigenvalue weighted by atomic mass is 32.1. The molecule has 1 rings (SSSR count). The Morgan fingerprint density at radius 1 is 1.25 bits per heavy atom. The number of nitrogens with two attached hydrogens (primary N) is 1. The molecule has 0 aromatic carbocycles. The second-order valence-electron chi connectivity index (χ2n) is 4.94. The van der Waals surface area contributed by atoms with Crippen LogP contribution in [0.4, 0.5) is 4.79 Å². The second-order valence-corrected chi connectivity index (χ2v) is 5.38. The van der Waals surface area contributed by atoms with Crippen LogP contribution in [0.3, 0.4) is 0 Å². The molecule has 8 heteroatoms. The molecule has 1 heterocycles. The van der Waals surface area contributed by atoms with Crippen molar-refractivity contribution >= 4 is 29.1 Å². The van der Waals surface area contributed by atoms with E-state index >= 15 is 0 Å². The number of urea groups is 1. The van der Waals surface area contributed by atoms with Crippen molar-refractivity contribution < 1.29 is 14.3 Å². The molecule has 1 saturated heterocycles. The van der Waals surface area contributed by atoms with Crippen LogP contribution in [0.2, 0.25) is 0 Å². The van der Waals surface area contributed by atoms with Crippen LogP contribution in [0.5, 0.6) is 0 Å². The van der Waals surface area contributed by atoms with E-state index < -0.39 is 5.41 Å². The van der Waals surface area contributed by atoms with Crippen LogP contribution < -0.4 is 16.4 Å². The first-order valence-corrected chi connectivity index (χ1v) is 6.92. The SMILES string of the molecule is CN(C)C(=O)NCCNC(=O)C1(C(N)=S)CCOCC1. The molecule has 0 spiro atoms. The molecule has 0 aromatic heterocycles. The van der Waals surface area contributed by atoms with Gasteiger partial charge in [-0.05, 0) is 12.8 Å². The quantitative estimate of drug-likeness (QED) is 0.468. The number of carbonyl (C=O) groups excluding carboxylic acids is 2. The highest BCUT2D eigenvalue weighted by Crippen LogP contribution is 2.31. The van der Waals surface area contributed by atoms with E-state index in [0.29, 0.717) is 39.1 Å². The van der Waals surface area contributed by atoms with Crippen LogP contribution >= 0.6 is 12.2 Å². The predicted molar refractivity (Wildman–Crippen MR) is 79.4 cm³/mol. The second kappa shape index (κ2) is 7.39. The molecule has 20 heavy (non-hydrogen) atoms. The van der Waals surface area contributed by atoms with E-state index in [9.17, 15) is 9.59 Å². The molecule has 1 aliphatic heterocycles. The first-order chi connectivity index (χ1) is 9.40. The summed E-state index contributed by atoms with van der Waals surface area (Å²) in [7, 11) is 3.30. The minimum atomic E-state index is -0.820. The van der Waals surface area contributed by atoms with Crippen molar-refractivity contribution in [1.29, 1.82) is 0 Å². The molecule has 1 aliphatic rings. The molecule has 0 radical (unpaired) electrons. The minimum absolute atomic E-state index is 0.188. The molecule has 7 nitrogen and oxygen atoms in total. The number of hydrogen-bond acceptors (Lipinski definition) is 4. The number of thiocarbonyl (C=S) groups is 1. The summed E-state index contributed by atoms with van der Waals surface area (Å²) < 4.78 is 5.25. The average Bonchev–Trinajstić information content (AvgIpc) is 2.43. The lowest BCUT2D eigenvalue weighted by molar-refractivity contribution is -0.131. The van der Waals surface area contributed by atoms with Gasteiger partial charge in [0, 0.05) is 40.4 Å². The topological polar surface area (TPSA) is 96.7 Å². The fourth-order valence-corrected chi connectivity index (χ4v) is 2.27. The van der Waals surface area contributed by atoms with Gasteiger partial charge in [-0.2, -0.15) is 0 Å². The lowest BCUT2D eigenvalue weighted by Gasteiger charge is -2.34. The van der Waals surface area contributed by atoms with Gasteiger partial charge in [0.1, 0.15) is 5.41 Å². The van der Waals surface area contributed by atoms with Crippen LogP contribution in [0.1, 0.15) is 12.8 Å². The molecule has 0 saturated carbocycles. The van der Waals surface area contributed by atoms with Crippen molar-refractivity contribution in [3.05, 3.63) is 0 Å². The zero-order valence-electron chi connectivity index (χ0n) is 11.9. The van der Waals surface area contributed by atoms with Gasteiger partial charge in [-0.25, -0.2) is 4.79 Å². The Bertz CT molecular complexity index is 381. The van der Waals surface area contributed by atoms with Gasteiger partial charge in [-0.3, -0.25) is 4.79 Å². The Hall–Kier alpha value is -1.41. The first-order valence-electron chi connectivity index (χ1n) is 6.51. The van der Waals surface area contributed by atoms with E-state index in [0.717, 1.165) is 0 Å². The highest BCUT2D eigenvalue weighted by Gasteiger charge is 2.42. The van der Waals surface area contributed by atoms with Crippen molar-refractivity contribution in [2.75, 3.05) is 40.4 Å². The van der Waals surface area contributed by atoms with Gasteiger partial charge in [-0.1, -0.05) is 12.2 Å². The summed E-state index contributed by atoms with van der Waals surface area (Å²) in [5.41, 5.74) is 4.91. The average molecular weight is 302 g/mol. The Labute approximate surface area is 124 Å². The molecule has 0 aromatic rings. The summed E-state index contributed by atoms with van der Waals surface area (Å²) >= 11 is 5.04. The van der Waals surface area contributed by atoms with Crippen LogP contribution in [0.25, 0.3) is 0 Å². The van der Waals surface area contributed by atoms with Gasteiger partial charge in [0.2, 0.25) is 5.91 Å². The lowest BCUT2D eigenvalue weighted by Crippen LogP contribution is -2.53. The van der Waals surface area contributed by atoms with E-state index in [4.69, 9.17) is 22.7 Å². The van der Waals surface area contributed by atoms with Crippen LogP contribution in [0, 0.1) is 5.41 Å². The maximum atomic E-state index is 12.3. The number of nitrogens with one attached hydrogen (secondary N) is 2. The van der Waals surface area contributed by atoms with Crippen molar-refractivity contribution in [3.8, 4) is 0 Å². The number of rotatable bonds is 5. The smallest absolute Gasteiger partial charge is 0.316 e. The molecule has 0 unspecified atom stereocenters. The third kappa shape index (κ3) is 4.04. The van der Waals surface area contributed by atoms with Gasteiger partial charge in [0.25, 0.3) is 0 Å². The standard InChI is InChI=1S/C12H22N4O3S/c1-16(2)11(18)15-6-5-14-10(17)12(9(13)20)3-7-19-8-4-12/h3-8H2,1-2H3,(H2,13,20)(H,14,17)(H,15,18). The summed E-state index contributed by atoms with van der Waals surface area (Å²) in [6, 6.07) is -0.200. The van der Waals surface area contributed by atoms with Crippen LogP contribution in [0.15, 0.2) is 0 Å². The lowest BCUT2D eigenvalue weighted by atomic mass is 9.79. The summed E-state index contributed by atoms with van der Waals surface area (Å²) in [4.78, 5) is 25.2. The maximum absolute atomic E-state index is 12.3. The molecular formula is C12H22N4O3S. The molecular weight excluding hydrogens is 280 g/mol. The minimum Gasteiger partial charge on any atom is -0.392 e. The molecule has 3 amide bonds. The molecule has 0 aliphatic carbocycles. The fourth-order valence-electron chi connectivity index (χ4n) is 1.98. The fraction of sp³-hybridized carbons (Fsp3) is 0.750. The van der Waals surface area contributed by atoms with E-state index in [-0.39, 0.29) is 16.9 Å². The third-order valence-corrected chi connectivity index (χ3v) is 3.74. The maximum Gasteiger partial charge on any atom is 0.316 e. The number of ether oxygens (including phenoxy) is 1. The van der Waals surface area contributed by atoms with Gasteiger partial charge in [0.05, 0.1) is 4.99 Å². The van der Waals surface area contributed by atoms with Gasteiger partial charge in [0.15, 0.2) is 0 Å². The molecule has 4 N–H and O–H groups in total. The zero-order chi connectivity index (χ0) is 15.2. The molecule has 114 valence electrons. The van der Waals surface area contributed by atoms with Crippen molar-refractivity contribution in [2.24, 2.45) is 11.1 Å². The summed E-state index contributed by atoms with van der Waals surface area (Å²) in [6.07, 6.45) is 0.996. The van der Waals surface area contributed by atoms with Crippen molar-refractivity contribution in [2.45, 2.75) is 12.8 Å². The largest absolute Gasteiger partial charge is 0.392 e. The van der Waals surface area contributed by atoms with Gasteiger partial charge in [-0.15, -0.1) is 0 Å². The van der Waals surface area contributed by atoms with Gasteiger partial charge < -0.3 is 26.0 Å². The number of nitrogens with zero attached hydrogens (tertiary/aromatic N) is 1. The van der Waals surface area contributed by atoms with E-state index in [1.165, 1.54) is 4.90 Å². The van der Waals surface area contributed by atoms with Crippen LogP contribution in [-0.2, 0) is 9.53 Å². The number of amides is 3. The van der Waals surface area contributed by atoms with Crippen molar-refractivity contribution in [3.63, 3.8) is 0 Å². The number of hydrogen-bond donors (Lipinski definition) is 3. The monoisotopic (exact) mass is 302 g/mol. The summed E-state index contributed by atoms with van der Waals surface area (Å²) in [5, 5.41) is 5.44. The normalized spacial score (nSPS) is 17.1. The van der Waals surface area contributed by atoms with E-state index in [1.54, 1.807) is 14.1 Å². The van der Waals surface area contributed by atoms with Crippen LogP contribution in [-0.4, -0.2) is 62.2 Å². The first kappa shape index (κ1) is 16.6. The Kier molecular flexibility index (Phi) is 6.15. The van der Waals surface area contributed by atoms with E-state index in [1.807, 2.05) is 0 Å². The van der Waals surface area contributed by atoms with Crippen molar-refractivity contribution in [1.82, 2.24) is 15.5 Å². The Balaban J connectivity index is 2.44. The van der Waals surface area contributed by atoms with Gasteiger partial charge >= 0.3 is 6.03 Å². The predicted octanol–water partition coefficient (Wildman–Crippen LogP) is -0.543. The number of carbonyl (C=O) groups is 2. The Morgan fingerprint density at radius 3 is 2.30 bits per heavy atom. The molecule has 0 bridgehead atoms. The third-order valence-electron chi connectivity index (χ3n) is 3.35. The summed E-state index contributed by atoms with van der Waals surface area (Å²) in [6.45, 7) is 1.64. The highest BCUT2D eigenvalue weighted by molar-refractivity contribution is 7.80. The molecule has 1 fully saturated rings.